The van der Waals surface area contributed by atoms with Crippen molar-refractivity contribution in [3.8, 4) is 11.1 Å². The van der Waals surface area contributed by atoms with E-state index in [9.17, 15) is 4.79 Å². The first-order valence-corrected chi connectivity index (χ1v) is 12.3. The molecule has 0 spiro atoms. The summed E-state index contributed by atoms with van der Waals surface area (Å²) >= 11 is 7.01. The van der Waals surface area contributed by atoms with Crippen molar-refractivity contribution in [3.63, 3.8) is 0 Å². The summed E-state index contributed by atoms with van der Waals surface area (Å²) < 4.78 is 5.36. The minimum absolute atomic E-state index is 0.290. The fraction of sp³-hybridized carbons (Fsp3) is 0.111. The number of nitrogens with zero attached hydrogens (tertiary/aromatic N) is 2. The molecular weight excluding hydrogens is 476 g/mol. The number of carbonyl (C=O) groups excluding carboxylic acids is 1. The lowest BCUT2D eigenvalue weighted by Gasteiger charge is -2.12. The van der Waals surface area contributed by atoms with Crippen molar-refractivity contribution in [2.45, 2.75) is 13.8 Å². The molecule has 8 heteroatoms. The topological polar surface area (TPSA) is 75.1 Å². The Balaban J connectivity index is 1.50. The maximum atomic E-state index is 12.9. The molecule has 4 rings (SSSR count). The van der Waals surface area contributed by atoms with Crippen LogP contribution in [0.2, 0.25) is 0 Å². The summed E-state index contributed by atoms with van der Waals surface area (Å²) in [4.78, 5) is 13.9. The first-order valence-electron chi connectivity index (χ1n) is 11.1. The third-order valence-corrected chi connectivity index (χ3v) is 6.24. The fourth-order valence-corrected chi connectivity index (χ4v) is 4.82. The number of ether oxygens (including phenoxy) is 1. The van der Waals surface area contributed by atoms with Gasteiger partial charge in [-0.05, 0) is 68.0 Å². The number of anilines is 2. The molecule has 0 aliphatic heterocycles. The highest BCUT2D eigenvalue weighted by Crippen LogP contribution is 2.40. The average Bonchev–Trinajstić information content (AvgIpc) is 3.20. The SMILES string of the molecule is CCOC(=O)c1c(NC(=S)Nc2ccc(N=Nc3ccccc3)cc2)sc(C)c1-c1ccccc1. The molecule has 1 heterocycles. The van der Waals surface area contributed by atoms with Gasteiger partial charge in [-0.3, -0.25) is 0 Å². The predicted molar refractivity (Wildman–Crippen MR) is 147 cm³/mol. The lowest BCUT2D eigenvalue weighted by molar-refractivity contribution is 0.0529. The Bertz CT molecular complexity index is 1340. The molecule has 0 unspecified atom stereocenters. The summed E-state index contributed by atoms with van der Waals surface area (Å²) in [5.74, 6) is -0.380. The third kappa shape index (κ3) is 6.17. The van der Waals surface area contributed by atoms with Gasteiger partial charge in [0.15, 0.2) is 5.11 Å². The van der Waals surface area contributed by atoms with Crippen LogP contribution in [0.1, 0.15) is 22.2 Å². The highest BCUT2D eigenvalue weighted by Gasteiger charge is 2.24. The maximum absolute atomic E-state index is 12.9. The van der Waals surface area contributed by atoms with Crippen LogP contribution in [0.4, 0.5) is 22.1 Å². The number of rotatable bonds is 7. The summed E-state index contributed by atoms with van der Waals surface area (Å²) in [5, 5.41) is 15.8. The number of hydrogen-bond acceptors (Lipinski definition) is 6. The van der Waals surface area contributed by atoms with E-state index >= 15 is 0 Å². The number of carbonyl (C=O) groups is 1. The number of benzene rings is 3. The van der Waals surface area contributed by atoms with Gasteiger partial charge in [-0.1, -0.05) is 48.5 Å². The van der Waals surface area contributed by atoms with Gasteiger partial charge >= 0.3 is 5.97 Å². The van der Waals surface area contributed by atoms with E-state index in [0.29, 0.717) is 15.7 Å². The van der Waals surface area contributed by atoms with Crippen LogP contribution in [0.3, 0.4) is 0 Å². The van der Waals surface area contributed by atoms with Crippen LogP contribution in [0.5, 0.6) is 0 Å². The molecule has 35 heavy (non-hydrogen) atoms. The zero-order valence-electron chi connectivity index (χ0n) is 19.3. The van der Waals surface area contributed by atoms with Crippen LogP contribution in [0, 0.1) is 6.92 Å². The second kappa shape index (κ2) is 11.5. The van der Waals surface area contributed by atoms with Gasteiger partial charge in [0.2, 0.25) is 0 Å². The zero-order chi connectivity index (χ0) is 24.6. The minimum Gasteiger partial charge on any atom is -0.462 e. The molecule has 0 aliphatic carbocycles. The normalized spacial score (nSPS) is 10.8. The van der Waals surface area contributed by atoms with Gasteiger partial charge in [0.05, 0.1) is 18.0 Å². The lowest BCUT2D eigenvalue weighted by Crippen LogP contribution is -2.20. The lowest BCUT2D eigenvalue weighted by atomic mass is 10.0. The maximum Gasteiger partial charge on any atom is 0.341 e. The predicted octanol–water partition coefficient (Wildman–Crippen LogP) is 8.12. The molecule has 0 saturated carbocycles. The van der Waals surface area contributed by atoms with Crippen LogP contribution in [-0.2, 0) is 4.74 Å². The van der Waals surface area contributed by atoms with Crippen molar-refractivity contribution in [2.75, 3.05) is 17.2 Å². The quantitative estimate of drug-likeness (QED) is 0.152. The Hall–Kier alpha value is -3.88. The van der Waals surface area contributed by atoms with Gasteiger partial charge in [0.25, 0.3) is 0 Å². The Labute approximate surface area is 213 Å². The fourth-order valence-electron chi connectivity index (χ4n) is 3.47. The summed E-state index contributed by atoms with van der Waals surface area (Å²) in [5.41, 5.74) is 4.60. The smallest absolute Gasteiger partial charge is 0.341 e. The van der Waals surface area contributed by atoms with Crippen molar-refractivity contribution >= 4 is 56.7 Å². The van der Waals surface area contributed by atoms with Crippen molar-refractivity contribution in [1.29, 1.82) is 0 Å². The molecule has 0 bridgehead atoms. The molecule has 0 radical (unpaired) electrons. The van der Waals surface area contributed by atoms with Crippen molar-refractivity contribution in [2.24, 2.45) is 10.2 Å². The van der Waals surface area contributed by atoms with Gasteiger partial charge in [-0.2, -0.15) is 10.2 Å². The number of nitrogens with one attached hydrogen (secondary N) is 2. The summed E-state index contributed by atoms with van der Waals surface area (Å²) in [7, 11) is 0. The summed E-state index contributed by atoms with van der Waals surface area (Å²) in [6.07, 6.45) is 0. The van der Waals surface area contributed by atoms with Crippen LogP contribution in [-0.4, -0.2) is 17.7 Å². The van der Waals surface area contributed by atoms with E-state index in [2.05, 4.69) is 20.9 Å². The Morgan fingerprint density at radius 2 is 1.49 bits per heavy atom. The Morgan fingerprint density at radius 3 is 2.11 bits per heavy atom. The van der Waals surface area contributed by atoms with Crippen LogP contribution in [0.25, 0.3) is 11.1 Å². The van der Waals surface area contributed by atoms with Gasteiger partial charge in [0, 0.05) is 16.1 Å². The van der Waals surface area contributed by atoms with E-state index in [0.717, 1.165) is 33.1 Å². The van der Waals surface area contributed by atoms with Crippen LogP contribution < -0.4 is 10.6 Å². The monoisotopic (exact) mass is 500 g/mol. The molecule has 2 N–H and O–H groups in total. The highest BCUT2D eigenvalue weighted by atomic mass is 32.1. The van der Waals surface area contributed by atoms with Crippen molar-refractivity contribution in [1.82, 2.24) is 0 Å². The molecule has 0 fully saturated rings. The number of thiophene rings is 1. The van der Waals surface area contributed by atoms with E-state index in [-0.39, 0.29) is 12.6 Å². The van der Waals surface area contributed by atoms with Crippen LogP contribution in [0.15, 0.2) is 95.2 Å². The second-order valence-electron chi connectivity index (χ2n) is 7.49. The highest BCUT2D eigenvalue weighted by molar-refractivity contribution is 7.80. The molecule has 0 saturated heterocycles. The van der Waals surface area contributed by atoms with Gasteiger partial charge in [0.1, 0.15) is 10.6 Å². The van der Waals surface area contributed by atoms with Crippen molar-refractivity contribution < 1.29 is 9.53 Å². The van der Waals surface area contributed by atoms with E-state index in [1.54, 1.807) is 6.92 Å². The molecule has 0 amide bonds. The van der Waals surface area contributed by atoms with Gasteiger partial charge in [-0.25, -0.2) is 4.79 Å². The average molecular weight is 501 g/mol. The molecule has 0 aliphatic rings. The zero-order valence-corrected chi connectivity index (χ0v) is 21.0. The molecule has 6 nitrogen and oxygen atoms in total. The van der Waals surface area contributed by atoms with E-state index < -0.39 is 0 Å². The van der Waals surface area contributed by atoms with Gasteiger partial charge < -0.3 is 15.4 Å². The molecular formula is C27H24N4O2S2. The molecule has 4 aromatic rings. The van der Waals surface area contributed by atoms with Crippen LogP contribution >= 0.6 is 23.6 Å². The second-order valence-corrected chi connectivity index (χ2v) is 9.12. The number of esters is 1. The van der Waals surface area contributed by atoms with Gasteiger partial charge in [-0.15, -0.1) is 11.3 Å². The van der Waals surface area contributed by atoms with E-state index in [1.807, 2.05) is 91.9 Å². The third-order valence-electron chi connectivity index (χ3n) is 5.02. The minimum atomic E-state index is -0.380. The molecule has 3 aromatic carbocycles. The summed E-state index contributed by atoms with van der Waals surface area (Å²) in [6, 6.07) is 26.8. The number of thiocarbonyl (C=S) groups is 1. The first kappa shape index (κ1) is 24.3. The number of aryl methyl sites for hydroxylation is 1. The molecule has 0 atom stereocenters. The number of hydrogen-bond donors (Lipinski definition) is 2. The first-order chi connectivity index (χ1) is 17.0. The molecule has 1 aromatic heterocycles. The molecule has 176 valence electrons. The largest absolute Gasteiger partial charge is 0.462 e. The number of azo groups is 1. The van der Waals surface area contributed by atoms with Crippen molar-refractivity contribution in [3.05, 3.63) is 95.4 Å². The standard InChI is InChI=1S/C27H24N4O2S2/c1-3-33-26(32)24-23(19-10-6-4-7-11-19)18(2)35-25(24)29-27(34)28-20-14-16-22(17-15-20)31-30-21-12-8-5-9-13-21/h4-17H,3H2,1-2H3,(H2,28,29,34). The Kier molecular flexibility index (Phi) is 7.97. The van der Waals surface area contributed by atoms with E-state index in [4.69, 9.17) is 17.0 Å². The Morgan fingerprint density at radius 1 is 0.886 bits per heavy atom. The summed E-state index contributed by atoms with van der Waals surface area (Å²) in [6.45, 7) is 4.07. The van der Waals surface area contributed by atoms with E-state index in [1.165, 1.54) is 11.3 Å².